The van der Waals surface area contributed by atoms with Crippen LogP contribution in [0.3, 0.4) is 0 Å². The van der Waals surface area contributed by atoms with E-state index in [0.29, 0.717) is 0 Å². The Labute approximate surface area is 191 Å². The van der Waals surface area contributed by atoms with Crippen molar-refractivity contribution >= 4 is 29.1 Å². The third-order valence-electron chi connectivity index (χ3n) is 6.09. The largest absolute Gasteiger partial charge is 0.417 e. The maximum Gasteiger partial charge on any atom is 0.417 e. The number of rotatable bonds is 3. The summed E-state index contributed by atoms with van der Waals surface area (Å²) in [5.41, 5.74) is -2.00. The van der Waals surface area contributed by atoms with Crippen LogP contribution in [0.4, 0.5) is 33.7 Å². The molecule has 4 rings (SSSR count). The summed E-state index contributed by atoms with van der Waals surface area (Å²) in [6.45, 7) is 0. The quantitative estimate of drug-likeness (QED) is 0.681. The van der Waals surface area contributed by atoms with E-state index >= 15 is 0 Å². The summed E-state index contributed by atoms with van der Waals surface area (Å²) in [6.07, 6.45) is -4.50. The summed E-state index contributed by atoms with van der Waals surface area (Å²) in [5.74, 6) is -1.68. The topological polar surface area (TPSA) is 93.5 Å². The first kappa shape index (κ1) is 23.2. The molecule has 0 bridgehead atoms. The number of Topliss-reactive ketones (excluding diaryl/α,β-unsaturated/α-hetero) is 1. The van der Waals surface area contributed by atoms with Gasteiger partial charge in [-0.25, -0.2) is 9.18 Å². The molecule has 2 aliphatic rings. The SMILES string of the molecule is CNC(=O)c1ccc(N2C(=O)N(c3ccc(C#N)c(C(F)(F)F)c3)[C@@H]3CCC(=O)C[C@H]32)cc1F. The molecule has 0 aromatic heterocycles. The minimum absolute atomic E-state index is 0.0475. The molecule has 1 saturated heterocycles. The number of hydrogen-bond donors (Lipinski definition) is 1. The third kappa shape index (κ3) is 3.85. The first-order valence-corrected chi connectivity index (χ1v) is 10.3. The minimum atomic E-state index is -4.82. The number of nitrogens with zero attached hydrogens (tertiary/aromatic N) is 3. The van der Waals surface area contributed by atoms with Crippen LogP contribution < -0.4 is 15.1 Å². The lowest BCUT2D eigenvalue weighted by Gasteiger charge is -2.31. The number of ketones is 1. The Balaban J connectivity index is 1.80. The fourth-order valence-electron chi connectivity index (χ4n) is 4.53. The number of alkyl halides is 3. The molecule has 2 fully saturated rings. The van der Waals surface area contributed by atoms with Crippen molar-refractivity contribution in [1.82, 2.24) is 5.32 Å². The van der Waals surface area contributed by atoms with Gasteiger partial charge in [0.05, 0.1) is 34.8 Å². The van der Waals surface area contributed by atoms with Gasteiger partial charge in [0.25, 0.3) is 5.91 Å². The number of fused-ring (bicyclic) bond motifs is 1. The van der Waals surface area contributed by atoms with E-state index in [1.807, 2.05) is 0 Å². The Morgan fingerprint density at radius 2 is 1.74 bits per heavy atom. The molecule has 2 aromatic carbocycles. The normalized spacial score (nSPS) is 20.2. The van der Waals surface area contributed by atoms with Gasteiger partial charge < -0.3 is 5.32 Å². The van der Waals surface area contributed by atoms with E-state index in [1.165, 1.54) is 36.2 Å². The highest BCUT2D eigenvalue weighted by Gasteiger charge is 2.50. The van der Waals surface area contributed by atoms with Crippen LogP contribution in [0, 0.1) is 17.1 Å². The number of anilines is 2. The zero-order valence-electron chi connectivity index (χ0n) is 17.8. The van der Waals surface area contributed by atoms with Gasteiger partial charge in [0, 0.05) is 31.3 Å². The summed E-state index contributed by atoms with van der Waals surface area (Å²) in [5, 5.41) is 11.4. The lowest BCUT2D eigenvalue weighted by molar-refractivity contribution is -0.137. The van der Waals surface area contributed by atoms with Gasteiger partial charge in [0.2, 0.25) is 0 Å². The number of amides is 3. The van der Waals surface area contributed by atoms with Gasteiger partial charge in [-0.3, -0.25) is 19.4 Å². The lowest BCUT2D eigenvalue weighted by atomic mass is 9.88. The summed E-state index contributed by atoms with van der Waals surface area (Å²) in [4.78, 5) is 39.8. The predicted molar refractivity (Wildman–Crippen MR) is 113 cm³/mol. The van der Waals surface area contributed by atoms with E-state index in [0.717, 1.165) is 23.1 Å². The van der Waals surface area contributed by atoms with Crippen molar-refractivity contribution in [2.24, 2.45) is 0 Å². The molecule has 1 saturated carbocycles. The van der Waals surface area contributed by atoms with Gasteiger partial charge in [-0.1, -0.05) is 0 Å². The van der Waals surface area contributed by atoms with Crippen LogP contribution in [0.2, 0.25) is 0 Å². The van der Waals surface area contributed by atoms with Gasteiger partial charge in [0.1, 0.15) is 11.6 Å². The molecule has 2 aromatic rings. The van der Waals surface area contributed by atoms with E-state index < -0.39 is 47.1 Å². The number of nitriles is 1. The van der Waals surface area contributed by atoms with Crippen LogP contribution in [0.5, 0.6) is 0 Å². The average molecular weight is 474 g/mol. The first-order valence-electron chi connectivity index (χ1n) is 10.3. The second kappa shape index (κ2) is 8.44. The molecule has 34 heavy (non-hydrogen) atoms. The standard InChI is InChI=1S/C23H18F4N4O3/c1-29-21(33)16-6-4-14(9-18(16)24)31-20-10-15(32)5-7-19(20)30(22(31)34)13-3-2-12(11-28)17(8-13)23(25,26)27/h2-4,6,8-9,19-20H,5,7,10H2,1H3,(H,29,33)/t19-,20-/m1/s1. The van der Waals surface area contributed by atoms with Crippen LogP contribution in [0.25, 0.3) is 0 Å². The minimum Gasteiger partial charge on any atom is -0.355 e. The highest BCUT2D eigenvalue weighted by atomic mass is 19.4. The highest BCUT2D eigenvalue weighted by molar-refractivity contribution is 6.09. The summed E-state index contributed by atoms with van der Waals surface area (Å²) in [6, 6.07) is 5.92. The zero-order chi connectivity index (χ0) is 24.8. The molecule has 1 aliphatic heterocycles. The highest BCUT2D eigenvalue weighted by Crippen LogP contribution is 2.41. The molecule has 1 aliphatic carbocycles. The maximum absolute atomic E-state index is 14.6. The number of hydrogen-bond acceptors (Lipinski definition) is 4. The summed E-state index contributed by atoms with van der Waals surface area (Å²) >= 11 is 0. The van der Waals surface area contributed by atoms with Gasteiger partial charge >= 0.3 is 12.2 Å². The lowest BCUT2D eigenvalue weighted by Crippen LogP contribution is -2.43. The van der Waals surface area contributed by atoms with Crippen LogP contribution in [0.1, 0.15) is 40.7 Å². The van der Waals surface area contributed by atoms with Crippen LogP contribution in [-0.4, -0.2) is 36.9 Å². The smallest absolute Gasteiger partial charge is 0.355 e. The van der Waals surface area contributed by atoms with E-state index in [-0.39, 0.29) is 42.0 Å². The number of carbonyl (C=O) groups is 3. The molecule has 1 heterocycles. The molecule has 176 valence electrons. The number of carbonyl (C=O) groups excluding carboxylic acids is 3. The van der Waals surface area contributed by atoms with Crippen LogP contribution >= 0.6 is 0 Å². The van der Waals surface area contributed by atoms with Crippen molar-refractivity contribution < 1.29 is 31.9 Å². The monoisotopic (exact) mass is 474 g/mol. The van der Waals surface area contributed by atoms with Gasteiger partial charge in [-0.15, -0.1) is 0 Å². The molecule has 0 spiro atoms. The van der Waals surface area contributed by atoms with E-state index in [4.69, 9.17) is 5.26 Å². The first-order chi connectivity index (χ1) is 16.1. The summed E-state index contributed by atoms with van der Waals surface area (Å²) < 4.78 is 55.2. The number of halogens is 4. The Kier molecular flexibility index (Phi) is 5.77. The van der Waals surface area contributed by atoms with Crippen LogP contribution in [0.15, 0.2) is 36.4 Å². The van der Waals surface area contributed by atoms with E-state index in [2.05, 4.69) is 5.32 Å². The van der Waals surface area contributed by atoms with Crippen molar-refractivity contribution in [3.63, 3.8) is 0 Å². The van der Waals surface area contributed by atoms with Crippen molar-refractivity contribution in [2.75, 3.05) is 16.8 Å². The second-order valence-corrected chi connectivity index (χ2v) is 8.02. The fraction of sp³-hybridized carbons (Fsp3) is 0.304. The van der Waals surface area contributed by atoms with Gasteiger partial charge in [-0.05, 0) is 42.8 Å². The summed E-state index contributed by atoms with van der Waals surface area (Å²) in [7, 11) is 1.34. The molecular weight excluding hydrogens is 456 g/mol. The molecule has 7 nitrogen and oxygen atoms in total. The molecule has 3 amide bonds. The molecule has 11 heteroatoms. The van der Waals surface area contributed by atoms with Gasteiger partial charge in [-0.2, -0.15) is 18.4 Å². The van der Waals surface area contributed by atoms with E-state index in [1.54, 1.807) is 0 Å². The van der Waals surface area contributed by atoms with Crippen molar-refractivity contribution in [3.8, 4) is 6.07 Å². The maximum atomic E-state index is 14.6. The molecule has 0 unspecified atom stereocenters. The Hall–Kier alpha value is -3.94. The zero-order valence-corrected chi connectivity index (χ0v) is 17.8. The van der Waals surface area contributed by atoms with Crippen molar-refractivity contribution in [1.29, 1.82) is 5.26 Å². The molecular formula is C23H18F4N4O3. The Bertz CT molecular complexity index is 1240. The Morgan fingerprint density at radius 3 is 2.35 bits per heavy atom. The molecule has 1 N–H and O–H groups in total. The second-order valence-electron chi connectivity index (χ2n) is 8.02. The Morgan fingerprint density at radius 1 is 1.09 bits per heavy atom. The molecule has 2 atom stereocenters. The average Bonchev–Trinajstić information content (AvgIpc) is 3.08. The third-order valence-corrected chi connectivity index (χ3v) is 6.09. The van der Waals surface area contributed by atoms with Crippen molar-refractivity contribution in [2.45, 2.75) is 37.5 Å². The fourth-order valence-corrected chi connectivity index (χ4v) is 4.53. The van der Waals surface area contributed by atoms with Crippen molar-refractivity contribution in [3.05, 3.63) is 58.9 Å². The van der Waals surface area contributed by atoms with E-state index in [9.17, 15) is 31.9 Å². The molecule has 0 radical (unpaired) electrons. The van der Waals surface area contributed by atoms with Crippen LogP contribution in [-0.2, 0) is 11.0 Å². The predicted octanol–water partition coefficient (Wildman–Crippen LogP) is 4.01. The number of benzene rings is 2. The number of urea groups is 1. The van der Waals surface area contributed by atoms with Gasteiger partial charge in [0.15, 0.2) is 0 Å². The number of nitrogens with one attached hydrogen (secondary N) is 1.